The first kappa shape index (κ1) is 36.3. The number of piperidine rings is 3. The molecule has 2 bridgehead atoms. The van der Waals surface area contributed by atoms with Gasteiger partial charge in [0.05, 0.1) is 25.0 Å². The normalized spacial score (nSPS) is 20.0. The van der Waals surface area contributed by atoms with Gasteiger partial charge in [0.25, 0.3) is 0 Å². The predicted octanol–water partition coefficient (Wildman–Crippen LogP) is 8.03. The number of thiophene rings is 1. The number of anilines is 1. The van der Waals surface area contributed by atoms with Crippen LogP contribution in [0.25, 0.3) is 0 Å². The molecule has 1 saturated carbocycles. The summed E-state index contributed by atoms with van der Waals surface area (Å²) in [5.74, 6) is 0.0473. The molecule has 1 N–H and O–H groups in total. The Hall–Kier alpha value is -4.04. The van der Waals surface area contributed by atoms with Crippen LogP contribution in [-0.2, 0) is 22.4 Å². The number of H-pyrrole nitrogens is 1. The number of benzene rings is 1. The van der Waals surface area contributed by atoms with E-state index in [4.69, 9.17) is 42.1 Å². The molecule has 3 saturated heterocycles. The number of carbonyl (C=O) groups is 2. The van der Waals surface area contributed by atoms with Crippen LogP contribution in [0.4, 0.5) is 19.3 Å². The third kappa shape index (κ3) is 8.94. The molecule has 1 amide bonds. The number of nitrogens with one attached hydrogen (secondary N) is 1. The molecule has 1 aliphatic carbocycles. The second-order valence-corrected chi connectivity index (χ2v) is 15.2. The minimum atomic E-state index is -3.05. The molecule has 0 unspecified atom stereocenters. The molecule has 52 heavy (non-hydrogen) atoms. The van der Waals surface area contributed by atoms with Gasteiger partial charge in [-0.1, -0.05) is 29.3 Å². The van der Waals surface area contributed by atoms with E-state index in [9.17, 15) is 18.4 Å². The lowest BCUT2D eigenvalue weighted by Crippen LogP contribution is -2.53. The molecule has 15 heteroatoms. The van der Waals surface area contributed by atoms with Crippen LogP contribution >= 0.6 is 34.5 Å². The molecule has 4 fully saturated rings. The third-order valence-electron chi connectivity index (χ3n) is 9.57. The summed E-state index contributed by atoms with van der Waals surface area (Å²) in [6.07, 6.45) is 8.84. The number of rotatable bonds is 14. The molecule has 1 aromatic carbocycles. The number of aromatic amines is 1. The average molecular weight is 775 g/mol. The number of halogens is 4. The van der Waals surface area contributed by atoms with Crippen LogP contribution < -0.4 is 19.4 Å². The lowest BCUT2D eigenvalue weighted by molar-refractivity contribution is -0.377. The van der Waals surface area contributed by atoms with Gasteiger partial charge in [-0.05, 0) is 92.6 Å². The zero-order valence-electron chi connectivity index (χ0n) is 28.0. The number of hydrogen-bond acceptors (Lipinski definition) is 9. The Bertz CT molecular complexity index is 1860. The highest BCUT2D eigenvalue weighted by Crippen LogP contribution is 2.38. The van der Waals surface area contributed by atoms with Crippen molar-refractivity contribution in [1.29, 1.82) is 0 Å². The molecular weight excluding hydrogens is 737 g/mol. The monoisotopic (exact) mass is 773 g/mol. The van der Waals surface area contributed by atoms with E-state index in [2.05, 4.69) is 14.9 Å². The van der Waals surface area contributed by atoms with E-state index in [0.29, 0.717) is 55.1 Å². The Morgan fingerprint density at radius 2 is 1.83 bits per heavy atom. The van der Waals surface area contributed by atoms with Gasteiger partial charge in [-0.15, -0.1) is 11.3 Å². The van der Waals surface area contributed by atoms with Gasteiger partial charge in [-0.2, -0.15) is 8.78 Å². The SMILES string of the molecule is O=C(O[C@@H](Cc1c(Cl)c[nH+]cc1Cl)c1ccc(OC(F)F)c(OCC2CC2)c1)c1ccc(CN(C(=O)O[C@H]2CN3CCC2CC3)c2cccnc2)s1. The molecule has 4 aliphatic rings. The minimum absolute atomic E-state index is 0.0770. The lowest BCUT2D eigenvalue weighted by Gasteiger charge is -2.44. The number of aromatic nitrogens is 2. The number of amides is 1. The molecule has 2 atom stereocenters. The van der Waals surface area contributed by atoms with Crippen LogP contribution in [0.15, 0.2) is 67.3 Å². The van der Waals surface area contributed by atoms with Crippen molar-refractivity contribution in [1.82, 2.24) is 9.88 Å². The van der Waals surface area contributed by atoms with E-state index in [1.165, 1.54) is 22.3 Å². The van der Waals surface area contributed by atoms with E-state index in [1.54, 1.807) is 61.2 Å². The van der Waals surface area contributed by atoms with Crippen molar-refractivity contribution in [3.63, 3.8) is 0 Å². The van der Waals surface area contributed by atoms with Gasteiger partial charge < -0.3 is 18.9 Å². The third-order valence-corrected chi connectivity index (χ3v) is 11.3. The van der Waals surface area contributed by atoms with Crippen molar-refractivity contribution in [3.05, 3.63) is 98.2 Å². The molecule has 8 rings (SSSR count). The van der Waals surface area contributed by atoms with Crippen molar-refractivity contribution in [2.24, 2.45) is 11.8 Å². The fraction of sp³-hybridized carbons (Fsp3) is 0.405. The van der Waals surface area contributed by atoms with Gasteiger partial charge in [0.1, 0.15) is 27.1 Å². The number of ether oxygens (including phenoxy) is 4. The molecule has 3 aliphatic heterocycles. The zero-order valence-corrected chi connectivity index (χ0v) is 30.3. The highest BCUT2D eigenvalue weighted by molar-refractivity contribution is 7.14. The largest absolute Gasteiger partial charge is 0.489 e. The summed E-state index contributed by atoms with van der Waals surface area (Å²) in [7, 11) is 0. The lowest BCUT2D eigenvalue weighted by atomic mass is 9.86. The predicted molar refractivity (Wildman–Crippen MR) is 190 cm³/mol. The van der Waals surface area contributed by atoms with Gasteiger partial charge in [0, 0.05) is 29.6 Å². The van der Waals surface area contributed by atoms with Crippen LogP contribution in [0, 0.1) is 11.8 Å². The van der Waals surface area contributed by atoms with Crippen LogP contribution in [0.1, 0.15) is 57.5 Å². The number of esters is 1. The summed E-state index contributed by atoms with van der Waals surface area (Å²) >= 11 is 14.2. The highest BCUT2D eigenvalue weighted by atomic mass is 35.5. The summed E-state index contributed by atoms with van der Waals surface area (Å²) in [5, 5.41) is 0.658. The fourth-order valence-electron chi connectivity index (χ4n) is 6.54. The van der Waals surface area contributed by atoms with Crippen molar-refractivity contribution in [2.45, 2.75) is 57.5 Å². The maximum absolute atomic E-state index is 13.8. The number of fused-ring (bicyclic) bond motifs is 3. The van der Waals surface area contributed by atoms with Gasteiger partial charge in [0.2, 0.25) is 0 Å². The summed E-state index contributed by atoms with van der Waals surface area (Å²) in [5.41, 5.74) is 1.56. The van der Waals surface area contributed by atoms with Crippen molar-refractivity contribution >= 4 is 52.3 Å². The number of nitrogens with zero attached hydrogens (tertiary/aromatic N) is 3. The smallest absolute Gasteiger partial charge is 0.415 e. The van der Waals surface area contributed by atoms with Crippen LogP contribution in [0.5, 0.6) is 11.5 Å². The van der Waals surface area contributed by atoms with E-state index >= 15 is 0 Å². The first-order valence-corrected chi connectivity index (χ1v) is 18.7. The number of alkyl halides is 2. The first-order valence-electron chi connectivity index (χ1n) is 17.2. The second-order valence-electron chi connectivity index (χ2n) is 13.2. The highest BCUT2D eigenvalue weighted by Gasteiger charge is 2.38. The molecule has 274 valence electrons. The molecule has 10 nitrogen and oxygen atoms in total. The first-order chi connectivity index (χ1) is 25.2. The van der Waals surface area contributed by atoms with Gasteiger partial charge in [0.15, 0.2) is 23.9 Å². The number of pyridine rings is 2. The van der Waals surface area contributed by atoms with Crippen LogP contribution in [0.3, 0.4) is 0 Å². The van der Waals surface area contributed by atoms with Crippen molar-refractivity contribution < 1.29 is 42.3 Å². The fourth-order valence-corrected chi connectivity index (χ4v) is 7.95. The van der Waals surface area contributed by atoms with Gasteiger partial charge in [-0.25, -0.2) is 14.6 Å². The maximum Gasteiger partial charge on any atom is 0.415 e. The molecule has 0 radical (unpaired) electrons. The second kappa shape index (κ2) is 16.3. The Kier molecular flexibility index (Phi) is 11.4. The molecular formula is C37H37Cl2F2N4O6S+. The summed E-state index contributed by atoms with van der Waals surface area (Å²) in [4.78, 5) is 39.4. The van der Waals surface area contributed by atoms with E-state index in [1.807, 2.05) is 0 Å². The molecule has 3 aromatic heterocycles. The summed E-state index contributed by atoms with van der Waals surface area (Å²) in [6, 6.07) is 11.4. The average Bonchev–Trinajstić information content (AvgIpc) is 3.86. The molecule has 0 spiro atoms. The van der Waals surface area contributed by atoms with Crippen LogP contribution in [0.2, 0.25) is 10.0 Å². The molecule has 4 aromatic rings. The maximum atomic E-state index is 13.8. The van der Waals surface area contributed by atoms with Crippen molar-refractivity contribution in [2.75, 3.05) is 31.1 Å². The summed E-state index contributed by atoms with van der Waals surface area (Å²) < 4.78 is 49.3. The zero-order chi connectivity index (χ0) is 36.2. The van der Waals surface area contributed by atoms with E-state index < -0.39 is 24.8 Å². The summed E-state index contributed by atoms with van der Waals surface area (Å²) in [6.45, 7) is 0.217. The Morgan fingerprint density at radius 1 is 1.04 bits per heavy atom. The molecule has 6 heterocycles. The Labute approximate surface area is 313 Å². The van der Waals surface area contributed by atoms with Crippen LogP contribution in [-0.4, -0.2) is 60.9 Å². The minimum Gasteiger partial charge on any atom is -0.489 e. The van der Waals surface area contributed by atoms with Crippen molar-refractivity contribution in [3.8, 4) is 11.5 Å². The van der Waals surface area contributed by atoms with Gasteiger partial charge in [-0.3, -0.25) is 14.8 Å². The topological polar surface area (TPSA) is 105 Å². The van der Waals surface area contributed by atoms with Gasteiger partial charge >= 0.3 is 18.7 Å². The van der Waals surface area contributed by atoms with E-state index in [-0.39, 0.29) is 30.6 Å². The quantitative estimate of drug-likeness (QED) is 0.119. The number of hydrogen-bond donors (Lipinski definition) is 0. The Balaban J connectivity index is 1.11. The van der Waals surface area contributed by atoms with E-state index in [0.717, 1.165) is 45.3 Å². The Morgan fingerprint density at radius 3 is 2.50 bits per heavy atom. The number of carbonyl (C=O) groups excluding carboxylic acids is 2. The standard InChI is InChI=1S/C37H36Cl2F2N4O6S/c38-28-17-43-18-29(39)27(28)15-31(24-5-7-30(50-36(40)41)32(14-24)48-21-22-3-4-22)49-35(46)34-8-6-26(52-34)19-45(25-2-1-11-42-16-25)37(47)51-33-20-44-12-9-23(33)10-13-44/h1-2,5-8,11,14,16-18,22-23,31,33,36H,3-4,9-10,12-13,15,19-21H2/p+1/t31-,33-/m0/s1.